The number of halogens is 7. The summed E-state index contributed by atoms with van der Waals surface area (Å²) in [5, 5.41) is 3.34. The molecular weight excluding hydrogens is 411 g/mol. The lowest BCUT2D eigenvalue weighted by molar-refractivity contribution is -0.143. The molecule has 12 heteroatoms. The van der Waals surface area contributed by atoms with Crippen molar-refractivity contribution in [1.29, 1.82) is 0 Å². The number of rotatable bonds is 3. The summed E-state index contributed by atoms with van der Waals surface area (Å²) in [6.45, 7) is 0. The maximum Gasteiger partial charge on any atom is 0.422 e. The molecule has 0 atom stereocenters. The molecule has 5 nitrogen and oxygen atoms in total. The summed E-state index contributed by atoms with van der Waals surface area (Å²) in [7, 11) is 0. The highest BCUT2D eigenvalue weighted by molar-refractivity contribution is 5.95. The number of carbonyl (C=O) groups is 1. The fourth-order valence-corrected chi connectivity index (χ4v) is 2.38. The van der Waals surface area contributed by atoms with Crippen LogP contribution in [0.1, 0.15) is 15.9 Å². The molecule has 0 radical (unpaired) electrons. The van der Waals surface area contributed by atoms with E-state index in [1.807, 2.05) is 0 Å². The second kappa shape index (κ2) is 7.11. The van der Waals surface area contributed by atoms with Crippen LogP contribution in [-0.2, 0) is 6.18 Å². The van der Waals surface area contributed by atoms with Crippen molar-refractivity contribution in [3.63, 3.8) is 0 Å². The molecule has 0 saturated carbocycles. The molecule has 0 unspecified atom stereocenters. The van der Waals surface area contributed by atoms with E-state index in [1.54, 1.807) is 6.07 Å². The van der Waals surface area contributed by atoms with E-state index in [0.29, 0.717) is 6.20 Å². The minimum Gasteiger partial charge on any atom is -0.423 e. The maximum absolute atomic E-state index is 14.1. The number of alkyl halides is 3. The Kier molecular flexibility index (Phi) is 4.95. The third-order valence-corrected chi connectivity index (χ3v) is 3.67. The van der Waals surface area contributed by atoms with Crippen LogP contribution < -0.4 is 10.5 Å². The predicted octanol–water partition coefficient (Wildman–Crippen LogP) is 4.25. The molecule has 152 valence electrons. The van der Waals surface area contributed by atoms with Gasteiger partial charge in [0.05, 0.1) is 0 Å². The first-order valence-electron chi connectivity index (χ1n) is 7.58. The van der Waals surface area contributed by atoms with Gasteiger partial charge in [-0.3, -0.25) is 0 Å². The van der Waals surface area contributed by atoms with Gasteiger partial charge < -0.3 is 10.5 Å². The zero-order chi connectivity index (χ0) is 21.5. The Hall–Kier alpha value is -3.57. The van der Waals surface area contributed by atoms with Crippen LogP contribution in [0, 0.1) is 23.3 Å². The molecule has 0 bridgehead atoms. The van der Waals surface area contributed by atoms with Crippen molar-refractivity contribution < 1.29 is 40.3 Å². The molecular formula is C17H8F7N3O2. The number of nitrogens with two attached hydrogens (primary N) is 1. The zero-order valence-electron chi connectivity index (χ0n) is 13.9. The molecule has 2 N–H and O–H groups in total. The van der Waals surface area contributed by atoms with Crippen molar-refractivity contribution in [1.82, 2.24) is 9.78 Å². The van der Waals surface area contributed by atoms with E-state index in [1.165, 1.54) is 24.3 Å². The van der Waals surface area contributed by atoms with Crippen molar-refractivity contribution in [3.05, 3.63) is 70.9 Å². The van der Waals surface area contributed by atoms with Gasteiger partial charge in [-0.15, -0.1) is 5.10 Å². The van der Waals surface area contributed by atoms with E-state index in [0.717, 1.165) is 0 Å². The molecule has 1 aromatic heterocycles. The summed E-state index contributed by atoms with van der Waals surface area (Å²) in [6.07, 6.45) is -5.13. The first kappa shape index (κ1) is 20.2. The molecule has 2 aromatic carbocycles. The molecule has 0 aliphatic heterocycles. The van der Waals surface area contributed by atoms with E-state index in [-0.39, 0.29) is 10.4 Å². The summed E-state index contributed by atoms with van der Waals surface area (Å²) in [5.41, 5.74) is 0.553. The number of benzene rings is 2. The number of anilines is 1. The average Bonchev–Trinajstić information content (AvgIpc) is 3.01. The van der Waals surface area contributed by atoms with Gasteiger partial charge in [-0.05, 0) is 12.1 Å². The molecule has 0 aliphatic rings. The van der Waals surface area contributed by atoms with Gasteiger partial charge >= 0.3 is 12.1 Å². The highest BCUT2D eigenvalue weighted by atomic mass is 19.4. The highest BCUT2D eigenvalue weighted by Crippen LogP contribution is 2.38. The Morgan fingerprint density at radius 3 is 2.03 bits per heavy atom. The predicted molar refractivity (Wildman–Crippen MR) is 84.2 cm³/mol. The maximum atomic E-state index is 14.1. The number of hydrogen-bond donors (Lipinski definition) is 1. The topological polar surface area (TPSA) is 70.1 Å². The third-order valence-electron chi connectivity index (χ3n) is 3.67. The van der Waals surface area contributed by atoms with Crippen LogP contribution in [0.5, 0.6) is 5.75 Å². The van der Waals surface area contributed by atoms with E-state index >= 15 is 0 Å². The Balaban J connectivity index is 2.07. The first-order chi connectivity index (χ1) is 13.5. The lowest BCUT2D eigenvalue weighted by Gasteiger charge is -2.13. The van der Waals surface area contributed by atoms with E-state index in [9.17, 15) is 35.5 Å². The lowest BCUT2D eigenvalue weighted by atomic mass is 10.1. The second-order valence-electron chi connectivity index (χ2n) is 5.55. The van der Waals surface area contributed by atoms with Crippen LogP contribution in [-0.4, -0.2) is 15.7 Å². The Labute approximate surface area is 157 Å². The SMILES string of the molecule is Nc1nn(-c2c(F)c(F)c(C(F)(F)F)c(F)c2F)cc1C(=O)Oc1ccccc1. The molecule has 0 amide bonds. The number of hydrogen-bond acceptors (Lipinski definition) is 4. The van der Waals surface area contributed by atoms with E-state index in [2.05, 4.69) is 5.10 Å². The van der Waals surface area contributed by atoms with E-state index in [4.69, 9.17) is 10.5 Å². The minimum atomic E-state index is -5.69. The molecule has 0 spiro atoms. The smallest absolute Gasteiger partial charge is 0.422 e. The van der Waals surface area contributed by atoms with Gasteiger partial charge in [0.15, 0.2) is 29.1 Å². The van der Waals surface area contributed by atoms with E-state index < -0.39 is 58.0 Å². The molecule has 3 rings (SSSR count). The standard InChI is InChI=1S/C17H8F7N3O2/c18-10-9(17(22,23)24)11(19)13(21)14(12(10)20)27-6-8(15(25)26-27)16(28)29-7-4-2-1-3-5-7/h1-6H,(H2,25,26). The number of nitrogen functional groups attached to an aromatic ring is 1. The second-order valence-corrected chi connectivity index (χ2v) is 5.55. The van der Waals surface area contributed by atoms with Gasteiger partial charge in [0, 0.05) is 6.20 Å². The van der Waals surface area contributed by atoms with Crippen molar-refractivity contribution in [2.75, 3.05) is 5.73 Å². The number of nitrogens with zero attached hydrogens (tertiary/aromatic N) is 2. The molecule has 0 fully saturated rings. The van der Waals surface area contributed by atoms with Gasteiger partial charge in [0.2, 0.25) is 0 Å². The highest BCUT2D eigenvalue weighted by Gasteiger charge is 2.43. The normalized spacial score (nSPS) is 11.6. The van der Waals surface area contributed by atoms with Crippen molar-refractivity contribution in [2.45, 2.75) is 6.18 Å². The Morgan fingerprint density at radius 2 is 1.52 bits per heavy atom. The number of para-hydroxylation sites is 1. The molecule has 0 saturated heterocycles. The van der Waals surface area contributed by atoms with Gasteiger partial charge in [-0.1, -0.05) is 18.2 Å². The van der Waals surface area contributed by atoms with Crippen molar-refractivity contribution >= 4 is 11.8 Å². The van der Waals surface area contributed by atoms with Gasteiger partial charge in [0.1, 0.15) is 22.6 Å². The number of ether oxygens (including phenoxy) is 1. The molecule has 29 heavy (non-hydrogen) atoms. The average molecular weight is 419 g/mol. The fraction of sp³-hybridized carbons (Fsp3) is 0.0588. The molecule has 0 aliphatic carbocycles. The molecule has 3 aromatic rings. The van der Waals surface area contributed by atoms with Gasteiger partial charge in [0.25, 0.3) is 0 Å². The number of carbonyl (C=O) groups excluding carboxylic acids is 1. The summed E-state index contributed by atoms with van der Waals surface area (Å²) in [4.78, 5) is 12.1. The summed E-state index contributed by atoms with van der Waals surface area (Å²) >= 11 is 0. The van der Waals surface area contributed by atoms with Crippen molar-refractivity contribution in [2.24, 2.45) is 0 Å². The summed E-state index contributed by atoms with van der Waals surface area (Å²) in [6, 6.07) is 7.50. The number of esters is 1. The van der Waals surface area contributed by atoms with Crippen LogP contribution in [0.25, 0.3) is 5.69 Å². The van der Waals surface area contributed by atoms with Crippen molar-refractivity contribution in [3.8, 4) is 11.4 Å². The molecule has 1 heterocycles. The van der Waals surface area contributed by atoms with Crippen LogP contribution in [0.15, 0.2) is 36.5 Å². The third kappa shape index (κ3) is 3.60. The van der Waals surface area contributed by atoms with Gasteiger partial charge in [-0.2, -0.15) is 13.2 Å². The first-order valence-corrected chi connectivity index (χ1v) is 7.58. The monoisotopic (exact) mass is 419 g/mol. The summed E-state index contributed by atoms with van der Waals surface area (Å²) in [5.74, 6) is -11.8. The number of aromatic nitrogens is 2. The quantitative estimate of drug-likeness (QED) is 0.298. The Morgan fingerprint density at radius 1 is 0.966 bits per heavy atom. The van der Waals surface area contributed by atoms with Gasteiger partial charge in [-0.25, -0.2) is 27.0 Å². The minimum absolute atomic E-state index is 0.0774. The Bertz CT molecular complexity index is 1070. The lowest BCUT2D eigenvalue weighted by Crippen LogP contribution is -2.18. The van der Waals surface area contributed by atoms with Crippen LogP contribution in [0.3, 0.4) is 0 Å². The fourth-order valence-electron chi connectivity index (χ4n) is 2.38. The van der Waals surface area contributed by atoms with Crippen LogP contribution >= 0.6 is 0 Å². The largest absolute Gasteiger partial charge is 0.423 e. The zero-order valence-corrected chi connectivity index (χ0v) is 13.9. The van der Waals surface area contributed by atoms with Crippen LogP contribution in [0.4, 0.5) is 36.6 Å². The summed E-state index contributed by atoms with van der Waals surface area (Å²) < 4.78 is 98.8. The van der Waals surface area contributed by atoms with Crippen LogP contribution in [0.2, 0.25) is 0 Å².